The van der Waals surface area contributed by atoms with Gasteiger partial charge in [0.1, 0.15) is 5.15 Å². The van der Waals surface area contributed by atoms with Crippen molar-refractivity contribution in [2.45, 2.75) is 124 Å². The van der Waals surface area contributed by atoms with Crippen molar-refractivity contribution < 1.29 is 27.9 Å². The molecule has 0 spiro atoms. The molecule has 3 aliphatic heterocycles. The van der Waals surface area contributed by atoms with E-state index in [2.05, 4.69) is 147 Å². The highest BCUT2D eigenvalue weighted by Crippen LogP contribution is 2.39. The van der Waals surface area contributed by atoms with Crippen LogP contribution in [0.1, 0.15) is 90.5 Å². The van der Waals surface area contributed by atoms with Gasteiger partial charge in [-0.3, -0.25) is 9.97 Å². The van der Waals surface area contributed by atoms with Crippen LogP contribution in [0.2, 0.25) is 5.15 Å². The maximum atomic E-state index is 6.22. The van der Waals surface area contributed by atoms with Gasteiger partial charge < -0.3 is 27.9 Å². The molecule has 3 saturated heterocycles. The average Bonchev–Trinajstić information content (AvgIpc) is 3.78. The van der Waals surface area contributed by atoms with Gasteiger partial charge in [0, 0.05) is 33.9 Å². The second-order valence-corrected chi connectivity index (χ2v) is 21.2. The van der Waals surface area contributed by atoms with E-state index in [4.69, 9.17) is 44.5 Å². The molecule has 0 atom stereocenters. The van der Waals surface area contributed by atoms with Crippen molar-refractivity contribution >= 4 is 93.0 Å². The Morgan fingerprint density at radius 1 is 0.377 bits per heavy atom. The first-order valence-electron chi connectivity index (χ1n) is 23.2. The third-order valence-electron chi connectivity index (χ3n) is 14.5. The van der Waals surface area contributed by atoms with Crippen LogP contribution in [0.3, 0.4) is 0 Å². The summed E-state index contributed by atoms with van der Waals surface area (Å²) >= 11 is 5.88. The summed E-state index contributed by atoms with van der Waals surface area (Å²) in [5.41, 5.74) is 6.40. The Bertz CT molecular complexity index is 3080. The normalized spacial score (nSPS) is 19.2. The van der Waals surface area contributed by atoms with E-state index in [-0.39, 0.29) is 62.4 Å². The van der Waals surface area contributed by atoms with Crippen LogP contribution in [-0.4, -0.2) is 74.9 Å². The van der Waals surface area contributed by atoms with Gasteiger partial charge in [-0.1, -0.05) is 110 Å². The first kappa shape index (κ1) is 50.2. The lowest BCUT2D eigenvalue weighted by molar-refractivity contribution is 0.00578. The Labute approximate surface area is 413 Å². The quantitative estimate of drug-likeness (QED) is 0.0962. The fraction of sp³-hybridized carbons (Fsp3) is 0.345. The van der Waals surface area contributed by atoms with Crippen LogP contribution in [0.5, 0.6) is 0 Å². The molecule has 10 nitrogen and oxygen atoms in total. The molecule has 3 aliphatic rings. The van der Waals surface area contributed by atoms with E-state index in [0.717, 1.165) is 71.3 Å². The van der Waals surface area contributed by atoms with Gasteiger partial charge in [-0.25, -0.2) is 9.97 Å². The number of halogens is 1. The van der Waals surface area contributed by atoms with E-state index in [0.29, 0.717) is 5.15 Å². The molecule has 0 unspecified atom stereocenters. The van der Waals surface area contributed by atoms with Gasteiger partial charge in [-0.2, -0.15) is 0 Å². The topological polar surface area (TPSA) is 107 Å². The van der Waals surface area contributed by atoms with Crippen LogP contribution in [0, 0.1) is 0 Å². The van der Waals surface area contributed by atoms with Crippen molar-refractivity contribution in [2.75, 3.05) is 0 Å². The monoisotopic (exact) mass is 942 g/mol. The third-order valence-corrected chi connectivity index (χ3v) is 14.7. The zero-order valence-corrected chi connectivity index (χ0v) is 41.8. The van der Waals surface area contributed by atoms with Crippen molar-refractivity contribution in [2.24, 2.45) is 0 Å². The van der Waals surface area contributed by atoms with Crippen molar-refractivity contribution in [1.29, 1.82) is 0 Å². The van der Waals surface area contributed by atoms with E-state index in [1.165, 1.54) is 0 Å². The van der Waals surface area contributed by atoms with Crippen LogP contribution in [0.25, 0.3) is 54.9 Å². The first-order chi connectivity index (χ1) is 32.0. The molecule has 8 aromatic rings. The smallest absolute Gasteiger partial charge is 0.399 e. The highest BCUT2D eigenvalue weighted by atomic mass is 35.5. The van der Waals surface area contributed by atoms with Crippen molar-refractivity contribution in [1.82, 2.24) is 19.9 Å². The minimum Gasteiger partial charge on any atom is -0.399 e. The van der Waals surface area contributed by atoms with Crippen molar-refractivity contribution in [3.8, 4) is 11.3 Å². The zero-order chi connectivity index (χ0) is 48.4. The highest BCUT2D eigenvalue weighted by Gasteiger charge is 2.54. The molecule has 7 heterocycles. The lowest BCUT2D eigenvalue weighted by atomic mass is 9.72. The Balaban J connectivity index is 0.000000145. The Hall–Kier alpha value is -5.24. The molecular formula is C55H62B3ClN4O6. The lowest BCUT2D eigenvalue weighted by Gasteiger charge is -2.32. The van der Waals surface area contributed by atoms with Gasteiger partial charge in [-0.15, -0.1) is 0 Å². The molecule has 14 heteroatoms. The third kappa shape index (κ3) is 9.80. The van der Waals surface area contributed by atoms with Gasteiger partial charge in [0.25, 0.3) is 0 Å². The minimum atomic E-state index is -0.386. The number of fused-ring (bicyclic) bond motifs is 6. The second-order valence-electron chi connectivity index (χ2n) is 20.8. The summed E-state index contributed by atoms with van der Waals surface area (Å²) in [4.78, 5) is 18.1. The average molecular weight is 943 g/mol. The summed E-state index contributed by atoms with van der Waals surface area (Å²) in [6.45, 7) is 24.8. The Kier molecular flexibility index (Phi) is 13.4. The fourth-order valence-corrected chi connectivity index (χ4v) is 8.37. The number of aromatic nitrogens is 4. The molecule has 3 fully saturated rings. The van der Waals surface area contributed by atoms with Crippen LogP contribution >= 0.6 is 11.6 Å². The van der Waals surface area contributed by atoms with Crippen LogP contribution in [-0.2, 0) is 27.9 Å². The summed E-state index contributed by atoms with van der Waals surface area (Å²) < 4.78 is 37.0. The first-order valence-corrected chi connectivity index (χ1v) is 23.6. The summed E-state index contributed by atoms with van der Waals surface area (Å²) in [6, 6.07) is 40.5. The number of benzene rings is 4. The molecule has 0 aliphatic carbocycles. The molecule has 0 amide bonds. The largest absolute Gasteiger partial charge is 0.494 e. The van der Waals surface area contributed by atoms with Gasteiger partial charge in [0.15, 0.2) is 0 Å². The van der Waals surface area contributed by atoms with Gasteiger partial charge in [0.05, 0.1) is 61.4 Å². The van der Waals surface area contributed by atoms with E-state index in [9.17, 15) is 0 Å². The van der Waals surface area contributed by atoms with E-state index in [1.54, 1.807) is 12.3 Å². The number of nitrogens with zero attached hydrogens (tertiary/aromatic N) is 4. The summed E-state index contributed by atoms with van der Waals surface area (Å²) in [7, 11) is -1.14. The van der Waals surface area contributed by atoms with Gasteiger partial charge in [-0.05, 0) is 135 Å². The van der Waals surface area contributed by atoms with Crippen molar-refractivity contribution in [3.05, 3.63) is 139 Å². The maximum absolute atomic E-state index is 6.22. The van der Waals surface area contributed by atoms with Crippen LogP contribution in [0.4, 0.5) is 0 Å². The molecule has 0 radical (unpaired) electrons. The fourth-order valence-electron chi connectivity index (χ4n) is 8.22. The lowest BCUT2D eigenvalue weighted by Crippen LogP contribution is -2.41. The SMILES string of the molecule is C.CC1(C)OB(c2cccc(-c3ccc4ccc5cccnc5c4n3)c2)OC1(C)C.CC1(C)OB(c2cccc(B3OC(C)(C)C(C)(C)O3)c2)OC1(C)C.Clc1ccc2ccc3cccnc3c2n1. The summed E-state index contributed by atoms with van der Waals surface area (Å²) in [5, 5.41) is 4.82. The predicted octanol–water partition coefficient (Wildman–Crippen LogP) is 11.1. The Morgan fingerprint density at radius 2 is 0.725 bits per heavy atom. The van der Waals surface area contributed by atoms with E-state index >= 15 is 0 Å². The highest BCUT2D eigenvalue weighted by molar-refractivity contribution is 6.66. The van der Waals surface area contributed by atoms with Gasteiger partial charge >= 0.3 is 21.4 Å². The minimum absolute atomic E-state index is 0. The molecule has 4 aromatic carbocycles. The van der Waals surface area contributed by atoms with E-state index in [1.807, 2.05) is 72.9 Å². The van der Waals surface area contributed by atoms with Crippen LogP contribution < -0.4 is 16.4 Å². The molecule has 69 heavy (non-hydrogen) atoms. The van der Waals surface area contributed by atoms with Crippen molar-refractivity contribution in [3.63, 3.8) is 0 Å². The molecule has 0 bridgehead atoms. The zero-order valence-electron chi connectivity index (χ0n) is 41.1. The molecule has 354 valence electrons. The second kappa shape index (κ2) is 18.5. The Morgan fingerprint density at radius 3 is 1.16 bits per heavy atom. The summed E-state index contributed by atoms with van der Waals surface area (Å²) in [5.74, 6) is 0. The molecular weight excluding hydrogens is 881 g/mol. The predicted molar refractivity (Wildman–Crippen MR) is 285 cm³/mol. The number of hydrogen-bond donors (Lipinski definition) is 0. The molecule has 11 rings (SSSR count). The number of rotatable bonds is 4. The van der Waals surface area contributed by atoms with Crippen LogP contribution in [0.15, 0.2) is 134 Å². The summed E-state index contributed by atoms with van der Waals surface area (Å²) in [6.07, 6.45) is 3.58. The number of pyridine rings is 4. The van der Waals surface area contributed by atoms with Gasteiger partial charge in [0.2, 0.25) is 0 Å². The molecule has 0 saturated carbocycles. The molecule has 0 N–H and O–H groups in total. The number of hydrogen-bond acceptors (Lipinski definition) is 10. The standard InChI is InChI=1S/C24H23BN2O2.C18H28B2O4.C12H7ClN2.CH4/c1-23(2)24(3,4)29-25(28-23)19-9-5-7-18(15-19)20-13-12-17-11-10-16-8-6-14-26-21(16)22(17)27-20;1-15(2)16(3,4)22-19(21-15)13-10-9-11-14(12-13)20-23-17(5,6)18(7,8)24-20;13-10-6-5-9-4-3-8-2-1-7-14-11(8)12(9)15-10;/h5-15H,1-4H3;9-12H,1-8H3;1-7H;1H4. The van der Waals surface area contributed by atoms with E-state index < -0.39 is 0 Å². The molecule has 4 aromatic heterocycles. The maximum Gasteiger partial charge on any atom is 0.494 e.